The first-order valence-electron chi connectivity index (χ1n) is 32.3. The summed E-state index contributed by atoms with van der Waals surface area (Å²) < 4.78 is 5.23. The third-order valence-electron chi connectivity index (χ3n) is 21.5. The molecule has 5 aliphatic rings. The van der Waals surface area contributed by atoms with Crippen molar-refractivity contribution in [3.05, 3.63) is 198 Å². The third-order valence-corrected chi connectivity index (χ3v) is 21.5. The van der Waals surface area contributed by atoms with Crippen molar-refractivity contribution >= 4 is 105 Å². The lowest BCUT2D eigenvalue weighted by molar-refractivity contribution is 0.285. The third kappa shape index (κ3) is 7.89. The van der Waals surface area contributed by atoms with Crippen LogP contribution < -0.4 is 9.80 Å². The van der Waals surface area contributed by atoms with Gasteiger partial charge >= 0.3 is 0 Å². The predicted molar refractivity (Wildman–Crippen MR) is 348 cm³/mol. The Bertz CT molecular complexity index is 4330. The van der Waals surface area contributed by atoms with Gasteiger partial charge in [0.1, 0.15) is 0 Å². The van der Waals surface area contributed by atoms with Crippen LogP contribution in [0.2, 0.25) is 0 Å². The summed E-state index contributed by atoms with van der Waals surface area (Å²) in [4.78, 5) is 5.17. The number of hydrogen-bond donors (Lipinski definition) is 0. The van der Waals surface area contributed by atoms with E-state index < -0.39 is 0 Å². The molecule has 8 aromatic carbocycles. The number of nitrogens with zero attached hydrogens (tertiary/aromatic N) is 4. The van der Waals surface area contributed by atoms with Crippen LogP contribution >= 0.6 is 0 Å². The maximum Gasteiger partial charge on any atom is 0.0621 e. The second kappa shape index (κ2) is 20.1. The van der Waals surface area contributed by atoms with Gasteiger partial charge in [0.05, 0.1) is 44.5 Å². The van der Waals surface area contributed by atoms with Crippen molar-refractivity contribution in [1.82, 2.24) is 8.80 Å². The quantitative estimate of drug-likeness (QED) is 0.136. The minimum Gasteiger partial charge on any atom is -0.310 e. The molecule has 0 aliphatic heterocycles. The summed E-state index contributed by atoms with van der Waals surface area (Å²) in [5, 5.41) is 10.5. The normalized spacial score (nSPS) is 19.4. The van der Waals surface area contributed by atoms with Crippen molar-refractivity contribution in [2.45, 2.75) is 153 Å². The van der Waals surface area contributed by atoms with E-state index in [-0.39, 0.29) is 0 Å². The van der Waals surface area contributed by atoms with Gasteiger partial charge in [0.15, 0.2) is 0 Å². The number of allylic oxidation sites excluding steroid dienone is 3. The van der Waals surface area contributed by atoms with E-state index >= 15 is 0 Å². The molecule has 5 aliphatic carbocycles. The Balaban J connectivity index is 0.822. The van der Waals surface area contributed by atoms with Crippen molar-refractivity contribution in [2.75, 3.05) is 9.80 Å². The van der Waals surface area contributed by atoms with Gasteiger partial charge in [-0.25, -0.2) is 0 Å². The van der Waals surface area contributed by atoms with E-state index in [0.717, 1.165) is 12.3 Å². The van der Waals surface area contributed by atoms with E-state index in [2.05, 4.69) is 195 Å². The Morgan fingerprint density at radius 3 is 1.16 bits per heavy atom. The van der Waals surface area contributed by atoms with Gasteiger partial charge in [-0.3, -0.25) is 0 Å². The first kappa shape index (κ1) is 49.1. The molecule has 1 atom stereocenters. The van der Waals surface area contributed by atoms with Gasteiger partial charge in [-0.2, -0.15) is 0 Å². The lowest BCUT2D eigenvalue weighted by Gasteiger charge is -2.33. The minimum atomic E-state index is 0.633. The molecule has 408 valence electrons. The molecule has 0 amide bonds. The summed E-state index contributed by atoms with van der Waals surface area (Å²) in [5.41, 5.74) is 19.7. The van der Waals surface area contributed by atoms with Crippen molar-refractivity contribution in [3.63, 3.8) is 0 Å². The molecule has 82 heavy (non-hydrogen) atoms. The summed E-state index contributed by atoms with van der Waals surface area (Å²) in [6.07, 6.45) is 35.7. The van der Waals surface area contributed by atoms with Crippen LogP contribution in [0.4, 0.5) is 28.4 Å². The molecular formula is C78H76N4. The molecule has 4 fully saturated rings. The zero-order valence-corrected chi connectivity index (χ0v) is 47.8. The van der Waals surface area contributed by atoms with E-state index in [9.17, 15) is 0 Å². The highest BCUT2D eigenvalue weighted by molar-refractivity contribution is 6.31. The lowest BCUT2D eigenvalue weighted by Crippen LogP contribution is -2.21. The molecule has 4 nitrogen and oxygen atoms in total. The molecule has 0 radical (unpaired) electrons. The van der Waals surface area contributed by atoms with Gasteiger partial charge in [0.25, 0.3) is 0 Å². The van der Waals surface area contributed by atoms with Crippen LogP contribution in [0.1, 0.15) is 169 Å². The maximum atomic E-state index is 2.62. The fraction of sp³-hybridized carbons (Fsp3) is 0.333. The summed E-state index contributed by atoms with van der Waals surface area (Å²) in [7, 11) is 0. The fourth-order valence-corrected chi connectivity index (χ4v) is 17.4. The molecule has 0 saturated heterocycles. The number of anilines is 5. The average molecular weight is 1070 g/mol. The fourth-order valence-electron chi connectivity index (χ4n) is 17.4. The maximum absolute atomic E-state index is 2.62. The monoisotopic (exact) mass is 1070 g/mol. The van der Waals surface area contributed by atoms with E-state index in [4.69, 9.17) is 0 Å². The highest BCUT2D eigenvalue weighted by Crippen LogP contribution is 2.51. The van der Waals surface area contributed by atoms with Crippen molar-refractivity contribution < 1.29 is 0 Å². The van der Waals surface area contributed by atoms with Crippen LogP contribution in [0.3, 0.4) is 0 Å². The van der Waals surface area contributed by atoms with Gasteiger partial charge < -0.3 is 18.6 Å². The molecule has 4 heteroatoms. The SMILES string of the molecule is C1=CC(C2CCCCC2)CC=C1N(c1ccc(C2CCCCC2)cc1)c1cccc2c1c1cccc3c4cc5c(cc4n2c31)c1cccc2c3c(N(c4ccc(C6CCCCC6)cc4)c4ccc(C6CCCCC6)cc4)cccc3n5c12. The van der Waals surface area contributed by atoms with Crippen molar-refractivity contribution in [2.24, 2.45) is 11.8 Å². The van der Waals surface area contributed by atoms with Crippen LogP contribution in [0.5, 0.6) is 0 Å². The van der Waals surface area contributed by atoms with Crippen molar-refractivity contribution in [1.29, 1.82) is 0 Å². The molecule has 0 N–H and O–H groups in total. The molecule has 4 saturated carbocycles. The minimum absolute atomic E-state index is 0.633. The first-order valence-corrected chi connectivity index (χ1v) is 32.3. The topological polar surface area (TPSA) is 15.3 Å². The van der Waals surface area contributed by atoms with Crippen LogP contribution in [0.25, 0.3) is 76.2 Å². The Morgan fingerprint density at radius 2 is 0.732 bits per heavy atom. The summed E-state index contributed by atoms with van der Waals surface area (Å²) >= 11 is 0. The second-order valence-electron chi connectivity index (χ2n) is 26.0. The van der Waals surface area contributed by atoms with E-state index in [1.54, 1.807) is 0 Å². The van der Waals surface area contributed by atoms with Crippen LogP contribution in [0, 0.1) is 11.8 Å². The Kier molecular flexibility index (Phi) is 12.0. The second-order valence-corrected chi connectivity index (χ2v) is 26.0. The summed E-state index contributed by atoms with van der Waals surface area (Å²) in [6, 6.07) is 62.7. The van der Waals surface area contributed by atoms with Crippen LogP contribution in [-0.4, -0.2) is 8.80 Å². The molecule has 0 bridgehead atoms. The van der Waals surface area contributed by atoms with Gasteiger partial charge in [-0.05, 0) is 183 Å². The molecule has 4 aromatic heterocycles. The first-order chi connectivity index (χ1) is 40.7. The van der Waals surface area contributed by atoms with Gasteiger partial charge in [0, 0.05) is 65.8 Å². The van der Waals surface area contributed by atoms with Gasteiger partial charge in [-0.15, -0.1) is 0 Å². The molecule has 1 unspecified atom stereocenters. The predicted octanol–water partition coefficient (Wildman–Crippen LogP) is 22.8. The van der Waals surface area contributed by atoms with Gasteiger partial charge in [0.2, 0.25) is 0 Å². The van der Waals surface area contributed by atoms with E-state index in [1.807, 2.05) is 0 Å². The highest BCUT2D eigenvalue weighted by atomic mass is 15.2. The largest absolute Gasteiger partial charge is 0.310 e. The summed E-state index contributed by atoms with van der Waals surface area (Å²) in [5.74, 6) is 3.45. The van der Waals surface area contributed by atoms with Crippen LogP contribution in [-0.2, 0) is 0 Å². The van der Waals surface area contributed by atoms with Gasteiger partial charge in [-0.1, -0.05) is 174 Å². The Hall–Kier alpha value is -7.56. The molecular weight excluding hydrogens is 993 g/mol. The molecule has 0 spiro atoms. The standard InChI is InChI=1S/C78H76N4/c1-5-17-51(18-6-1)55-33-41-59(42-34-55)79(60-43-35-56(36-44-60)52-19-7-2-8-20-52)69-29-15-31-71-75(69)65-27-13-25-63-67-50-74-68(49-73(67)81(71)77(63)65)64-26-14-28-66-76-70(30-16-32-72(76)82(74)78(64)66)80(61-45-37-57(38-46-61)53-21-9-3-10-22-53)62-47-39-58(40-48-62)54-23-11-4-12-24-54/h13-16,25-39,41-54,58H,1-12,17-24,40H2. The molecule has 12 aromatic rings. The number of hydrogen-bond acceptors (Lipinski definition) is 2. The number of rotatable bonds is 10. The highest BCUT2D eigenvalue weighted by Gasteiger charge is 2.30. The average Bonchev–Trinajstić information content (AvgIpc) is 2.18. The van der Waals surface area contributed by atoms with E-state index in [0.29, 0.717) is 23.7 Å². The number of fused-ring (bicyclic) bond motifs is 12. The van der Waals surface area contributed by atoms with E-state index in [1.165, 1.54) is 255 Å². The number of aromatic nitrogens is 2. The smallest absolute Gasteiger partial charge is 0.0621 e. The lowest BCUT2D eigenvalue weighted by atomic mass is 9.77. The molecule has 17 rings (SSSR count). The Labute approximate surface area is 483 Å². The van der Waals surface area contributed by atoms with Crippen molar-refractivity contribution in [3.8, 4) is 0 Å². The Morgan fingerprint density at radius 1 is 0.341 bits per heavy atom. The summed E-state index contributed by atoms with van der Waals surface area (Å²) in [6.45, 7) is 0. The van der Waals surface area contributed by atoms with Crippen LogP contribution in [0.15, 0.2) is 182 Å². The number of benzene rings is 8. The zero-order chi connectivity index (χ0) is 53.8. The number of para-hydroxylation sites is 2. The zero-order valence-electron chi connectivity index (χ0n) is 47.8. The molecule has 4 heterocycles.